The Morgan fingerprint density at radius 2 is 1.87 bits per heavy atom. The van der Waals surface area contributed by atoms with Crippen LogP contribution in [0.5, 0.6) is 0 Å². The van der Waals surface area contributed by atoms with Crippen LogP contribution in [-0.4, -0.2) is 9.97 Å². The molecule has 0 unspecified atom stereocenters. The quantitative estimate of drug-likeness (QED) is 0.750. The Labute approximate surface area is 139 Å². The molecule has 0 saturated heterocycles. The van der Waals surface area contributed by atoms with Gasteiger partial charge in [-0.15, -0.1) is 11.3 Å². The second kappa shape index (κ2) is 7.52. The molecule has 5 heteroatoms. The molecule has 0 atom stereocenters. The maximum atomic E-state index is 8.85. The van der Waals surface area contributed by atoms with Gasteiger partial charge < -0.3 is 5.32 Å². The average Bonchev–Trinajstić information content (AvgIpc) is 3.07. The minimum Gasteiger partial charge on any atom is -0.364 e. The zero-order valence-corrected chi connectivity index (χ0v) is 13.4. The van der Waals surface area contributed by atoms with E-state index in [0.717, 1.165) is 23.5 Å². The van der Waals surface area contributed by atoms with Crippen molar-refractivity contribution in [3.05, 3.63) is 75.9 Å². The number of nitriles is 1. The summed E-state index contributed by atoms with van der Waals surface area (Å²) in [5.41, 5.74) is 2.75. The number of aromatic nitrogens is 2. The summed E-state index contributed by atoms with van der Waals surface area (Å²) >= 11 is 1.69. The van der Waals surface area contributed by atoms with E-state index in [4.69, 9.17) is 5.26 Å². The summed E-state index contributed by atoms with van der Waals surface area (Å²) in [6, 6.07) is 17.8. The molecule has 4 nitrogen and oxygen atoms in total. The lowest BCUT2D eigenvalue weighted by molar-refractivity contribution is 0.923. The molecule has 0 saturated carbocycles. The van der Waals surface area contributed by atoms with E-state index >= 15 is 0 Å². The zero-order valence-electron chi connectivity index (χ0n) is 12.6. The largest absolute Gasteiger partial charge is 0.364 e. The van der Waals surface area contributed by atoms with Crippen molar-refractivity contribution >= 4 is 17.2 Å². The van der Waals surface area contributed by atoms with E-state index in [1.165, 1.54) is 5.56 Å². The van der Waals surface area contributed by atoms with Crippen molar-refractivity contribution in [3.63, 3.8) is 0 Å². The monoisotopic (exact) mass is 320 g/mol. The lowest BCUT2D eigenvalue weighted by Crippen LogP contribution is -2.02. The van der Waals surface area contributed by atoms with Gasteiger partial charge in [-0.05, 0) is 24.1 Å². The van der Waals surface area contributed by atoms with Gasteiger partial charge in [0.05, 0.1) is 17.2 Å². The van der Waals surface area contributed by atoms with E-state index in [2.05, 4.69) is 44.9 Å². The van der Waals surface area contributed by atoms with Gasteiger partial charge in [0, 0.05) is 11.8 Å². The van der Waals surface area contributed by atoms with Crippen LogP contribution in [0.1, 0.15) is 22.0 Å². The zero-order chi connectivity index (χ0) is 15.9. The molecule has 114 valence electrons. The van der Waals surface area contributed by atoms with Gasteiger partial charge in [-0.2, -0.15) is 5.26 Å². The summed E-state index contributed by atoms with van der Waals surface area (Å²) < 4.78 is 0. The normalized spacial score (nSPS) is 10.2. The molecule has 2 aromatic heterocycles. The van der Waals surface area contributed by atoms with Crippen LogP contribution in [-0.2, 0) is 19.4 Å². The van der Waals surface area contributed by atoms with Gasteiger partial charge in [0.2, 0.25) is 0 Å². The second-order valence-electron chi connectivity index (χ2n) is 5.09. The number of aryl methyl sites for hydroxylation is 2. The molecule has 0 aliphatic carbocycles. The predicted molar refractivity (Wildman–Crippen MR) is 92.2 cm³/mol. The van der Waals surface area contributed by atoms with Crippen LogP contribution in [0.4, 0.5) is 5.82 Å². The number of nitrogens with one attached hydrogen (secondary N) is 1. The summed E-state index contributed by atoms with van der Waals surface area (Å²) in [7, 11) is 0. The number of hydrogen-bond donors (Lipinski definition) is 1. The van der Waals surface area contributed by atoms with E-state index in [1.54, 1.807) is 17.4 Å². The van der Waals surface area contributed by atoms with E-state index in [1.807, 2.05) is 24.3 Å². The fraction of sp³-hybridized carbons (Fsp3) is 0.167. The molecular formula is C18H16N4S. The highest BCUT2D eigenvalue weighted by atomic mass is 32.1. The Morgan fingerprint density at radius 3 is 2.70 bits per heavy atom. The van der Waals surface area contributed by atoms with Crippen molar-refractivity contribution in [2.75, 3.05) is 5.32 Å². The number of hydrogen-bond acceptors (Lipinski definition) is 5. The summed E-state index contributed by atoms with van der Waals surface area (Å²) in [4.78, 5) is 8.84. The fourth-order valence-corrected chi connectivity index (χ4v) is 3.02. The Kier molecular flexibility index (Phi) is 4.97. The van der Waals surface area contributed by atoms with Gasteiger partial charge in [-0.3, -0.25) is 0 Å². The number of benzene rings is 1. The number of thiazole rings is 1. The van der Waals surface area contributed by atoms with Crippen molar-refractivity contribution in [2.45, 2.75) is 19.4 Å². The highest BCUT2D eigenvalue weighted by Crippen LogP contribution is 2.14. The average molecular weight is 320 g/mol. The molecule has 3 rings (SSSR count). The second-order valence-corrected chi connectivity index (χ2v) is 6.03. The molecule has 0 aliphatic rings. The smallest absolute Gasteiger partial charge is 0.142 e. The third-order valence-electron chi connectivity index (χ3n) is 3.38. The topological polar surface area (TPSA) is 61.6 Å². The van der Waals surface area contributed by atoms with Gasteiger partial charge in [0.1, 0.15) is 17.6 Å². The van der Waals surface area contributed by atoms with Crippen LogP contribution in [0.25, 0.3) is 0 Å². The molecule has 2 heterocycles. The van der Waals surface area contributed by atoms with Crippen LogP contribution in [0.15, 0.2) is 53.9 Å². The van der Waals surface area contributed by atoms with Gasteiger partial charge in [-0.1, -0.05) is 36.4 Å². The fourth-order valence-electron chi connectivity index (χ4n) is 2.22. The van der Waals surface area contributed by atoms with Crippen LogP contribution in [0.2, 0.25) is 0 Å². The summed E-state index contributed by atoms with van der Waals surface area (Å²) in [5.74, 6) is 0.697. The number of nitrogens with zero attached hydrogens (tertiary/aromatic N) is 3. The first-order chi connectivity index (χ1) is 11.3. The van der Waals surface area contributed by atoms with Crippen molar-refractivity contribution in [3.8, 4) is 6.07 Å². The molecule has 0 fully saturated rings. The molecule has 0 bridgehead atoms. The lowest BCUT2D eigenvalue weighted by Gasteiger charge is -2.03. The SMILES string of the molecule is N#Cc1cccc(NCc2csc(CCc3ccccc3)n2)n1. The van der Waals surface area contributed by atoms with Crippen molar-refractivity contribution in [1.29, 1.82) is 5.26 Å². The number of anilines is 1. The molecule has 23 heavy (non-hydrogen) atoms. The molecule has 1 N–H and O–H groups in total. The van der Waals surface area contributed by atoms with Crippen molar-refractivity contribution in [1.82, 2.24) is 9.97 Å². The van der Waals surface area contributed by atoms with Gasteiger partial charge in [0.15, 0.2) is 0 Å². The maximum Gasteiger partial charge on any atom is 0.142 e. The molecular weight excluding hydrogens is 304 g/mol. The highest BCUT2D eigenvalue weighted by molar-refractivity contribution is 7.09. The predicted octanol–water partition coefficient (Wildman–Crippen LogP) is 3.81. The maximum absolute atomic E-state index is 8.85. The van der Waals surface area contributed by atoms with Crippen molar-refractivity contribution < 1.29 is 0 Å². The third-order valence-corrected chi connectivity index (χ3v) is 4.34. The first kappa shape index (κ1) is 15.2. The van der Waals surface area contributed by atoms with Gasteiger partial charge >= 0.3 is 0 Å². The molecule has 0 aliphatic heterocycles. The molecule has 0 radical (unpaired) electrons. The molecule has 1 aromatic carbocycles. The Morgan fingerprint density at radius 1 is 1.00 bits per heavy atom. The Hall–Kier alpha value is -2.71. The highest BCUT2D eigenvalue weighted by Gasteiger charge is 2.04. The van der Waals surface area contributed by atoms with E-state index < -0.39 is 0 Å². The number of pyridine rings is 1. The first-order valence-electron chi connectivity index (χ1n) is 7.42. The third kappa shape index (κ3) is 4.38. The summed E-state index contributed by atoms with van der Waals surface area (Å²) in [5, 5.41) is 15.3. The molecule has 3 aromatic rings. The van der Waals surface area contributed by atoms with Gasteiger partial charge in [0.25, 0.3) is 0 Å². The van der Waals surface area contributed by atoms with Crippen LogP contribution < -0.4 is 5.32 Å². The Bertz CT molecular complexity index is 805. The van der Waals surface area contributed by atoms with E-state index in [-0.39, 0.29) is 0 Å². The number of rotatable bonds is 6. The molecule has 0 amide bonds. The first-order valence-corrected chi connectivity index (χ1v) is 8.30. The minimum atomic E-state index is 0.414. The minimum absolute atomic E-state index is 0.414. The van der Waals surface area contributed by atoms with E-state index in [9.17, 15) is 0 Å². The van der Waals surface area contributed by atoms with Gasteiger partial charge in [-0.25, -0.2) is 9.97 Å². The van der Waals surface area contributed by atoms with Crippen molar-refractivity contribution in [2.24, 2.45) is 0 Å². The van der Waals surface area contributed by atoms with E-state index in [0.29, 0.717) is 18.1 Å². The van der Waals surface area contributed by atoms with Crippen LogP contribution in [0.3, 0.4) is 0 Å². The Balaban J connectivity index is 1.54. The summed E-state index contributed by atoms with van der Waals surface area (Å²) in [6.45, 7) is 0.615. The standard InChI is InChI=1S/C18H16N4S/c19-11-15-7-4-8-17(21-15)20-12-16-13-23-18(22-16)10-9-14-5-2-1-3-6-14/h1-8,13H,9-10,12H2,(H,20,21). The lowest BCUT2D eigenvalue weighted by atomic mass is 10.1. The van der Waals surface area contributed by atoms with Crippen LogP contribution in [0, 0.1) is 11.3 Å². The van der Waals surface area contributed by atoms with Crippen LogP contribution >= 0.6 is 11.3 Å². The summed E-state index contributed by atoms with van der Waals surface area (Å²) in [6.07, 6.45) is 1.96. The molecule has 0 spiro atoms.